The maximum atomic E-state index is 13.9. The number of nitrogen functional groups attached to an aromatic ring is 1. The number of sulfonamides is 1. The van der Waals surface area contributed by atoms with E-state index in [1.54, 1.807) is 0 Å². The van der Waals surface area contributed by atoms with Gasteiger partial charge in [0.2, 0.25) is 10.0 Å². The van der Waals surface area contributed by atoms with Gasteiger partial charge in [-0.25, -0.2) is 17.2 Å². The van der Waals surface area contributed by atoms with Crippen LogP contribution in [0.5, 0.6) is 0 Å². The molecule has 0 amide bonds. The summed E-state index contributed by atoms with van der Waals surface area (Å²) in [6.45, 7) is 4.22. The minimum Gasteiger partial charge on any atom is -0.399 e. The number of rotatable bonds is 6. The predicted molar refractivity (Wildman–Crippen MR) is 77.1 cm³/mol. The van der Waals surface area contributed by atoms with Crippen LogP contribution < -0.4 is 5.73 Å². The second kappa shape index (κ2) is 5.88. The van der Waals surface area contributed by atoms with Crippen molar-refractivity contribution in [1.82, 2.24) is 4.31 Å². The summed E-state index contributed by atoms with van der Waals surface area (Å²) in [5, 5.41) is 0. The van der Waals surface area contributed by atoms with Gasteiger partial charge in [-0.15, -0.1) is 0 Å². The minimum absolute atomic E-state index is 0.135. The molecule has 1 aliphatic rings. The molecule has 1 saturated carbocycles. The van der Waals surface area contributed by atoms with Gasteiger partial charge in [-0.2, -0.15) is 4.31 Å². The topological polar surface area (TPSA) is 63.4 Å². The SMILES string of the molecule is CC(C)CCN(C1CC1)S(=O)(=O)c1c(F)cc(N)cc1F. The van der Waals surface area contributed by atoms with E-state index in [2.05, 4.69) is 0 Å². The van der Waals surface area contributed by atoms with Crippen LogP contribution in [0.25, 0.3) is 0 Å². The van der Waals surface area contributed by atoms with Crippen LogP contribution in [0.15, 0.2) is 17.0 Å². The Morgan fingerprint density at radius 1 is 1.29 bits per heavy atom. The lowest BCUT2D eigenvalue weighted by atomic mass is 10.1. The van der Waals surface area contributed by atoms with Crippen LogP contribution in [0.1, 0.15) is 33.1 Å². The highest BCUT2D eigenvalue weighted by atomic mass is 32.2. The van der Waals surface area contributed by atoms with Crippen LogP contribution >= 0.6 is 0 Å². The quantitative estimate of drug-likeness (QED) is 0.820. The fraction of sp³-hybridized carbons (Fsp3) is 0.571. The molecule has 118 valence electrons. The van der Waals surface area contributed by atoms with Crippen LogP contribution in [0.2, 0.25) is 0 Å². The third-order valence-corrected chi connectivity index (χ3v) is 5.47. The first-order valence-corrected chi connectivity index (χ1v) is 8.44. The molecule has 1 aromatic rings. The van der Waals surface area contributed by atoms with Crippen molar-refractivity contribution in [2.45, 2.75) is 44.0 Å². The summed E-state index contributed by atoms with van der Waals surface area (Å²) in [7, 11) is -4.18. The molecule has 1 aliphatic carbocycles. The highest BCUT2D eigenvalue weighted by Gasteiger charge is 2.40. The summed E-state index contributed by atoms with van der Waals surface area (Å²) < 4.78 is 54.2. The zero-order valence-corrected chi connectivity index (χ0v) is 13.0. The van der Waals surface area contributed by atoms with Crippen LogP contribution in [0.3, 0.4) is 0 Å². The van der Waals surface area contributed by atoms with Gasteiger partial charge in [0.25, 0.3) is 0 Å². The van der Waals surface area contributed by atoms with E-state index >= 15 is 0 Å². The smallest absolute Gasteiger partial charge is 0.249 e. The second-order valence-corrected chi connectivity index (χ2v) is 7.67. The molecule has 0 unspecified atom stereocenters. The van der Waals surface area contributed by atoms with E-state index in [-0.39, 0.29) is 18.3 Å². The molecule has 0 aliphatic heterocycles. The lowest BCUT2D eigenvalue weighted by Gasteiger charge is -2.23. The van der Waals surface area contributed by atoms with Crippen LogP contribution in [-0.2, 0) is 10.0 Å². The van der Waals surface area contributed by atoms with Crippen LogP contribution in [0.4, 0.5) is 14.5 Å². The summed E-state index contributed by atoms with van der Waals surface area (Å²) >= 11 is 0. The molecule has 0 heterocycles. The molecule has 0 radical (unpaired) electrons. The normalized spacial score (nSPS) is 15.9. The molecule has 1 aromatic carbocycles. The highest BCUT2D eigenvalue weighted by molar-refractivity contribution is 7.89. The molecule has 21 heavy (non-hydrogen) atoms. The van der Waals surface area contributed by atoms with Crippen molar-refractivity contribution in [2.24, 2.45) is 5.92 Å². The Labute approximate surface area is 124 Å². The number of benzene rings is 1. The Hall–Kier alpha value is -1.21. The Balaban J connectivity index is 2.39. The molecular weight excluding hydrogens is 298 g/mol. The molecule has 0 saturated heterocycles. The van der Waals surface area contributed by atoms with Gasteiger partial charge in [-0.05, 0) is 37.3 Å². The van der Waals surface area contributed by atoms with Gasteiger partial charge in [0, 0.05) is 18.3 Å². The van der Waals surface area contributed by atoms with E-state index in [1.807, 2.05) is 13.8 Å². The van der Waals surface area contributed by atoms with Gasteiger partial charge >= 0.3 is 0 Å². The Bertz CT molecular complexity index is 605. The zero-order chi connectivity index (χ0) is 15.8. The standard InChI is InChI=1S/C14H20F2N2O2S/c1-9(2)5-6-18(11-3-4-11)21(19,20)14-12(15)7-10(17)8-13(14)16/h7-9,11H,3-6,17H2,1-2H3. The fourth-order valence-electron chi connectivity index (χ4n) is 2.19. The zero-order valence-electron chi connectivity index (χ0n) is 12.1. The van der Waals surface area contributed by atoms with Crippen LogP contribution in [-0.4, -0.2) is 25.3 Å². The van der Waals surface area contributed by atoms with Crippen molar-refractivity contribution in [3.8, 4) is 0 Å². The molecule has 0 aromatic heterocycles. The van der Waals surface area contributed by atoms with E-state index in [4.69, 9.17) is 5.73 Å². The van der Waals surface area contributed by atoms with Crippen molar-refractivity contribution in [3.63, 3.8) is 0 Å². The molecule has 7 heteroatoms. The monoisotopic (exact) mass is 318 g/mol. The van der Waals surface area contributed by atoms with Crippen LogP contribution in [0, 0.1) is 17.6 Å². The minimum atomic E-state index is -4.18. The molecular formula is C14H20F2N2O2S. The lowest BCUT2D eigenvalue weighted by Crippen LogP contribution is -2.35. The van der Waals surface area contributed by atoms with Crippen molar-refractivity contribution < 1.29 is 17.2 Å². The highest BCUT2D eigenvalue weighted by Crippen LogP contribution is 2.34. The number of nitrogens with zero attached hydrogens (tertiary/aromatic N) is 1. The van der Waals surface area contributed by atoms with E-state index < -0.39 is 26.6 Å². The van der Waals surface area contributed by atoms with Gasteiger partial charge in [0.1, 0.15) is 11.6 Å². The van der Waals surface area contributed by atoms with Gasteiger partial charge < -0.3 is 5.73 Å². The van der Waals surface area contributed by atoms with E-state index in [1.165, 1.54) is 4.31 Å². The summed E-state index contributed by atoms with van der Waals surface area (Å²) in [6, 6.07) is 1.53. The number of hydrogen-bond donors (Lipinski definition) is 1. The third kappa shape index (κ3) is 3.52. The molecule has 2 rings (SSSR count). The van der Waals surface area contributed by atoms with Gasteiger partial charge in [0.05, 0.1) is 0 Å². The first-order valence-electron chi connectivity index (χ1n) is 7.00. The maximum Gasteiger partial charge on any atom is 0.249 e. The Kier molecular flexibility index (Phi) is 4.53. The van der Waals surface area contributed by atoms with Crippen molar-refractivity contribution in [2.75, 3.05) is 12.3 Å². The number of halogens is 2. The molecule has 4 nitrogen and oxygen atoms in total. The first-order chi connectivity index (χ1) is 9.73. The summed E-state index contributed by atoms with van der Waals surface area (Å²) in [5.74, 6) is -1.96. The molecule has 0 bridgehead atoms. The van der Waals surface area contributed by atoms with Gasteiger partial charge in [-0.1, -0.05) is 13.8 Å². The third-order valence-electron chi connectivity index (χ3n) is 3.47. The summed E-state index contributed by atoms with van der Waals surface area (Å²) in [6.07, 6.45) is 2.11. The fourth-order valence-corrected chi connectivity index (χ4v) is 3.98. The Morgan fingerprint density at radius 2 is 1.81 bits per heavy atom. The number of anilines is 1. The largest absolute Gasteiger partial charge is 0.399 e. The summed E-state index contributed by atoms with van der Waals surface area (Å²) in [5.41, 5.74) is 5.19. The van der Waals surface area contributed by atoms with E-state index in [0.29, 0.717) is 12.3 Å². The van der Waals surface area contributed by atoms with E-state index in [0.717, 1.165) is 25.0 Å². The molecule has 0 spiro atoms. The van der Waals surface area contributed by atoms with Crippen molar-refractivity contribution in [1.29, 1.82) is 0 Å². The lowest BCUT2D eigenvalue weighted by molar-refractivity contribution is 0.368. The van der Waals surface area contributed by atoms with E-state index in [9.17, 15) is 17.2 Å². The second-order valence-electron chi connectivity index (χ2n) is 5.84. The summed E-state index contributed by atoms with van der Waals surface area (Å²) in [4.78, 5) is -0.896. The number of nitrogens with two attached hydrogens (primary N) is 1. The van der Waals surface area contributed by atoms with Gasteiger partial charge in [-0.3, -0.25) is 0 Å². The predicted octanol–water partition coefficient (Wildman–Crippen LogP) is 2.75. The molecule has 2 N–H and O–H groups in total. The van der Waals surface area contributed by atoms with Crippen molar-refractivity contribution >= 4 is 15.7 Å². The first kappa shape index (κ1) is 16.2. The average Bonchev–Trinajstić information content (AvgIpc) is 3.10. The maximum absolute atomic E-state index is 13.9. The average molecular weight is 318 g/mol. The molecule has 0 atom stereocenters. The number of hydrogen-bond acceptors (Lipinski definition) is 3. The Morgan fingerprint density at radius 3 is 2.24 bits per heavy atom. The van der Waals surface area contributed by atoms with Gasteiger partial charge in [0.15, 0.2) is 4.90 Å². The molecule has 1 fully saturated rings. The van der Waals surface area contributed by atoms with Crippen molar-refractivity contribution in [3.05, 3.63) is 23.8 Å².